The molecule has 1 aliphatic heterocycles. The molecule has 194 valence electrons. The summed E-state index contributed by atoms with van der Waals surface area (Å²) in [6, 6.07) is 9.75. The van der Waals surface area contributed by atoms with Crippen LogP contribution in [0.4, 0.5) is 26.3 Å². The summed E-state index contributed by atoms with van der Waals surface area (Å²) in [5, 5.41) is 2.49. The molecule has 1 saturated heterocycles. The van der Waals surface area contributed by atoms with Crippen LogP contribution >= 0.6 is 0 Å². The Morgan fingerprint density at radius 1 is 1.00 bits per heavy atom. The van der Waals surface area contributed by atoms with Crippen molar-refractivity contribution in [1.29, 1.82) is 0 Å². The zero-order valence-electron chi connectivity index (χ0n) is 19.8. The minimum Gasteiger partial charge on any atom is -0.352 e. The number of carbonyl (C=O) groups excluding carboxylic acids is 1. The van der Waals surface area contributed by atoms with E-state index in [0.717, 1.165) is 25.9 Å². The van der Waals surface area contributed by atoms with E-state index in [1.807, 2.05) is 6.07 Å². The maximum absolute atomic E-state index is 13.0. The summed E-state index contributed by atoms with van der Waals surface area (Å²) < 4.78 is 78.3. The molecule has 1 spiro atoms. The van der Waals surface area contributed by atoms with Crippen molar-refractivity contribution < 1.29 is 31.1 Å². The molecule has 0 radical (unpaired) electrons. The third kappa shape index (κ3) is 5.77. The third-order valence-electron chi connectivity index (χ3n) is 7.27. The summed E-state index contributed by atoms with van der Waals surface area (Å²) in [6.07, 6.45) is -2.85. The van der Waals surface area contributed by atoms with Gasteiger partial charge in [-0.2, -0.15) is 26.3 Å². The number of halogens is 6. The van der Waals surface area contributed by atoms with E-state index in [0.29, 0.717) is 25.1 Å². The number of amides is 1. The molecule has 0 unspecified atom stereocenters. The van der Waals surface area contributed by atoms with E-state index < -0.39 is 41.8 Å². The molecule has 1 N–H and O–H groups in total. The summed E-state index contributed by atoms with van der Waals surface area (Å²) in [7, 11) is 0. The largest absolute Gasteiger partial charge is 0.416 e. The van der Waals surface area contributed by atoms with Crippen molar-refractivity contribution >= 4 is 12.0 Å². The first-order chi connectivity index (χ1) is 16.9. The molecule has 2 aliphatic rings. The number of alkyl halides is 6. The molecule has 2 aromatic rings. The third-order valence-corrected chi connectivity index (χ3v) is 7.27. The lowest BCUT2D eigenvalue weighted by molar-refractivity contribution is -0.143. The molecule has 1 fully saturated rings. The molecule has 1 atom stereocenters. The van der Waals surface area contributed by atoms with Crippen LogP contribution in [-0.2, 0) is 29.1 Å². The second kappa shape index (κ2) is 9.92. The van der Waals surface area contributed by atoms with Crippen LogP contribution in [-0.4, -0.2) is 30.4 Å². The highest BCUT2D eigenvalue weighted by atomic mass is 19.4. The Morgan fingerprint density at radius 2 is 1.61 bits per heavy atom. The van der Waals surface area contributed by atoms with Crippen molar-refractivity contribution in [3.8, 4) is 0 Å². The van der Waals surface area contributed by atoms with E-state index in [1.54, 1.807) is 6.92 Å². The molecule has 0 saturated carbocycles. The maximum atomic E-state index is 13.0. The average Bonchev–Trinajstić information content (AvgIpc) is 3.19. The molecule has 1 aliphatic carbocycles. The summed E-state index contributed by atoms with van der Waals surface area (Å²) in [5.41, 5.74) is -0.338. The highest BCUT2D eigenvalue weighted by Gasteiger charge is 2.38. The van der Waals surface area contributed by atoms with Gasteiger partial charge in [0.25, 0.3) is 0 Å². The number of likely N-dealkylation sites (tertiary alicyclic amines) is 1. The van der Waals surface area contributed by atoms with Crippen molar-refractivity contribution in [3.63, 3.8) is 0 Å². The van der Waals surface area contributed by atoms with Gasteiger partial charge in [0.1, 0.15) is 0 Å². The van der Waals surface area contributed by atoms with Gasteiger partial charge in [-0.1, -0.05) is 43.3 Å². The lowest BCUT2D eigenvalue weighted by Crippen LogP contribution is -2.42. The van der Waals surface area contributed by atoms with E-state index in [2.05, 4.69) is 40.6 Å². The second-order valence-electron chi connectivity index (χ2n) is 9.74. The van der Waals surface area contributed by atoms with Crippen molar-refractivity contribution in [2.45, 2.75) is 50.5 Å². The first-order valence-electron chi connectivity index (χ1n) is 11.9. The molecule has 0 bridgehead atoms. The summed E-state index contributed by atoms with van der Waals surface area (Å²) in [6.45, 7) is 3.77. The van der Waals surface area contributed by atoms with Gasteiger partial charge in [0.05, 0.1) is 11.1 Å². The van der Waals surface area contributed by atoms with E-state index in [-0.39, 0.29) is 17.0 Å². The smallest absolute Gasteiger partial charge is 0.352 e. The maximum Gasteiger partial charge on any atom is 0.416 e. The molecule has 36 heavy (non-hydrogen) atoms. The van der Waals surface area contributed by atoms with Gasteiger partial charge >= 0.3 is 12.4 Å². The number of carbonyl (C=O) groups is 1. The number of piperidine rings is 1. The van der Waals surface area contributed by atoms with Gasteiger partial charge < -0.3 is 10.2 Å². The SMILES string of the molecule is C[C@@H](CCN1CCC2(C=Cc3ccccc32)CC1)C(=O)NCc1cc(C(F)(F)F)cc(C(F)(F)F)c1. The van der Waals surface area contributed by atoms with E-state index in [9.17, 15) is 31.1 Å². The minimum atomic E-state index is -4.92. The molecule has 1 amide bonds. The first kappa shape index (κ1) is 26.3. The fourth-order valence-electron chi connectivity index (χ4n) is 5.04. The number of hydrogen-bond acceptors (Lipinski definition) is 2. The Balaban J connectivity index is 1.28. The van der Waals surface area contributed by atoms with Crippen LogP contribution in [0.5, 0.6) is 0 Å². The lowest BCUT2D eigenvalue weighted by atomic mass is 9.74. The standard InChI is InChI=1S/C27H28F6N2O/c1-18(7-11-35-12-9-25(10-13-35)8-6-20-4-2-3-5-23(20)25)24(36)34-17-19-14-21(26(28,29)30)16-22(15-19)27(31,32)33/h2-6,8,14-16,18H,7,9-13,17H2,1H3,(H,34,36)/t18-/m0/s1. The number of fused-ring (bicyclic) bond motifs is 2. The van der Waals surface area contributed by atoms with Crippen LogP contribution in [0.3, 0.4) is 0 Å². The van der Waals surface area contributed by atoms with Gasteiger partial charge in [-0.25, -0.2) is 0 Å². The van der Waals surface area contributed by atoms with Crippen LogP contribution in [0.15, 0.2) is 48.5 Å². The number of nitrogens with one attached hydrogen (secondary N) is 1. The number of benzene rings is 2. The normalized spacial score (nSPS) is 18.3. The highest BCUT2D eigenvalue weighted by Crippen LogP contribution is 2.43. The Labute approximate surface area is 206 Å². The van der Waals surface area contributed by atoms with E-state index in [4.69, 9.17) is 0 Å². The number of allylic oxidation sites excluding steroid dienone is 1. The summed E-state index contributed by atoms with van der Waals surface area (Å²) >= 11 is 0. The fourth-order valence-corrected chi connectivity index (χ4v) is 5.04. The zero-order valence-corrected chi connectivity index (χ0v) is 19.8. The van der Waals surface area contributed by atoms with Gasteiger partial charge in [0.2, 0.25) is 5.91 Å². The van der Waals surface area contributed by atoms with Gasteiger partial charge in [-0.15, -0.1) is 0 Å². The van der Waals surface area contributed by atoms with Crippen molar-refractivity contribution in [2.24, 2.45) is 5.92 Å². The topological polar surface area (TPSA) is 32.3 Å². The molecule has 2 aromatic carbocycles. The van der Waals surface area contributed by atoms with Crippen molar-refractivity contribution in [1.82, 2.24) is 10.2 Å². The molecule has 9 heteroatoms. The van der Waals surface area contributed by atoms with Crippen molar-refractivity contribution in [3.05, 3.63) is 76.4 Å². The molecular weight excluding hydrogens is 482 g/mol. The first-order valence-corrected chi connectivity index (χ1v) is 11.9. The van der Waals surface area contributed by atoms with Crippen molar-refractivity contribution in [2.75, 3.05) is 19.6 Å². The predicted octanol–water partition coefficient (Wildman–Crippen LogP) is 6.43. The van der Waals surface area contributed by atoms with Crippen LogP contribution < -0.4 is 5.32 Å². The monoisotopic (exact) mass is 510 g/mol. The molecule has 1 heterocycles. The average molecular weight is 511 g/mol. The summed E-state index contributed by atoms with van der Waals surface area (Å²) in [5.74, 6) is -0.831. The van der Waals surface area contributed by atoms with Gasteiger partial charge in [-0.3, -0.25) is 4.79 Å². The number of nitrogens with zero attached hydrogens (tertiary/aromatic N) is 1. The Morgan fingerprint density at radius 3 is 2.22 bits per heavy atom. The van der Waals surface area contributed by atoms with Crippen LogP contribution in [0, 0.1) is 5.92 Å². The molecule has 3 nitrogen and oxygen atoms in total. The molecule has 4 rings (SSSR count). The van der Waals surface area contributed by atoms with Crippen LogP contribution in [0.25, 0.3) is 6.08 Å². The quantitative estimate of drug-likeness (QED) is 0.455. The number of rotatable bonds is 6. The Kier molecular flexibility index (Phi) is 7.23. The van der Waals surface area contributed by atoms with E-state index >= 15 is 0 Å². The van der Waals surface area contributed by atoms with Crippen LogP contribution in [0.1, 0.15) is 54.0 Å². The Bertz CT molecular complexity index is 1100. The zero-order chi connectivity index (χ0) is 26.1. The van der Waals surface area contributed by atoms with Crippen LogP contribution in [0.2, 0.25) is 0 Å². The van der Waals surface area contributed by atoms with Gasteiger partial charge in [0.15, 0.2) is 0 Å². The number of hydrogen-bond donors (Lipinski definition) is 1. The van der Waals surface area contributed by atoms with Gasteiger partial charge in [-0.05, 0) is 73.8 Å². The van der Waals surface area contributed by atoms with Gasteiger partial charge in [0, 0.05) is 17.9 Å². The molecule has 0 aromatic heterocycles. The Hall–Kier alpha value is -2.81. The van der Waals surface area contributed by atoms with E-state index in [1.165, 1.54) is 11.1 Å². The highest BCUT2D eigenvalue weighted by molar-refractivity contribution is 5.78. The second-order valence-corrected chi connectivity index (χ2v) is 9.74. The molecular formula is C27H28F6N2O. The summed E-state index contributed by atoms with van der Waals surface area (Å²) in [4.78, 5) is 14.8. The minimum absolute atomic E-state index is 0.0658. The fraction of sp³-hybridized carbons (Fsp3) is 0.444. The lowest BCUT2D eigenvalue weighted by Gasteiger charge is -2.39. The predicted molar refractivity (Wildman–Crippen MR) is 125 cm³/mol.